The predicted molar refractivity (Wildman–Crippen MR) is 92.5 cm³/mol. The summed E-state index contributed by atoms with van der Waals surface area (Å²) in [6.45, 7) is 5.32. The van der Waals surface area contributed by atoms with Crippen LogP contribution in [0, 0.1) is 0 Å². The average Bonchev–Trinajstić information content (AvgIpc) is 2.54. The molecule has 2 N–H and O–H groups in total. The Hall–Kier alpha value is -2.47. The van der Waals surface area contributed by atoms with Gasteiger partial charge in [-0.3, -0.25) is 0 Å². The zero-order valence-electron chi connectivity index (χ0n) is 14.3. The maximum Gasteiger partial charge on any atom is 0.340 e. The molecule has 0 unspecified atom stereocenters. The van der Waals surface area contributed by atoms with Crippen LogP contribution in [0.3, 0.4) is 0 Å². The Bertz CT molecular complexity index is 714. The van der Waals surface area contributed by atoms with Crippen molar-refractivity contribution in [2.45, 2.75) is 26.7 Å². The summed E-state index contributed by atoms with van der Waals surface area (Å²) in [5.41, 5.74) is 6.80. The summed E-state index contributed by atoms with van der Waals surface area (Å²) in [7, 11) is 0. The molecule has 0 amide bonds. The molecule has 0 aromatic heterocycles. The van der Waals surface area contributed by atoms with Gasteiger partial charge < -0.3 is 19.9 Å². The summed E-state index contributed by atoms with van der Waals surface area (Å²) in [6.07, 6.45) is 0. The second-order valence-corrected chi connectivity index (χ2v) is 5.72. The highest BCUT2D eigenvalue weighted by molar-refractivity contribution is 6.30. The van der Waals surface area contributed by atoms with Crippen molar-refractivity contribution in [3.8, 4) is 0 Å². The monoisotopic (exact) mass is 365 g/mol. The molecule has 0 saturated carbocycles. The number of rotatable bonds is 5. The minimum Gasteiger partial charge on any atom is -0.463 e. The SMILES string of the molecule is CCOC(=O)C1=C(C)OC(N)=C(C(=O)OCC)[C@@H]1c1cccc(Cl)c1. The molecule has 0 saturated heterocycles. The number of allylic oxidation sites excluding steroid dienone is 1. The van der Waals surface area contributed by atoms with Crippen LogP contribution in [-0.4, -0.2) is 25.2 Å². The van der Waals surface area contributed by atoms with E-state index in [4.69, 9.17) is 31.5 Å². The van der Waals surface area contributed by atoms with E-state index in [0.717, 1.165) is 0 Å². The van der Waals surface area contributed by atoms with E-state index in [1.165, 1.54) is 0 Å². The van der Waals surface area contributed by atoms with Crippen molar-refractivity contribution in [3.63, 3.8) is 0 Å². The first-order valence-electron chi connectivity index (χ1n) is 7.88. The number of nitrogens with two attached hydrogens (primary N) is 1. The molecule has 1 aliphatic rings. The van der Waals surface area contributed by atoms with Crippen LogP contribution in [0.25, 0.3) is 0 Å². The van der Waals surface area contributed by atoms with Gasteiger partial charge >= 0.3 is 11.9 Å². The van der Waals surface area contributed by atoms with Gasteiger partial charge in [-0.2, -0.15) is 0 Å². The third-order valence-electron chi connectivity index (χ3n) is 3.66. The number of carbonyl (C=O) groups is 2. The minimum absolute atomic E-state index is 0.0535. The maximum absolute atomic E-state index is 12.5. The standard InChI is InChI=1S/C18H20ClNO5/c1-4-23-17(21)13-10(3)25-16(20)15(18(22)24-5-2)14(13)11-7-6-8-12(19)9-11/h6-9,14H,4-5,20H2,1-3H3/t14-/m1/s1. The zero-order chi connectivity index (χ0) is 18.6. The zero-order valence-corrected chi connectivity index (χ0v) is 15.1. The Morgan fingerprint density at radius 3 is 2.32 bits per heavy atom. The van der Waals surface area contributed by atoms with Crippen LogP contribution < -0.4 is 5.73 Å². The van der Waals surface area contributed by atoms with Crippen LogP contribution in [0.4, 0.5) is 0 Å². The van der Waals surface area contributed by atoms with Gasteiger partial charge in [-0.1, -0.05) is 23.7 Å². The molecule has 0 spiro atoms. The van der Waals surface area contributed by atoms with Gasteiger partial charge in [0.25, 0.3) is 0 Å². The van der Waals surface area contributed by atoms with Crippen molar-refractivity contribution >= 4 is 23.5 Å². The van der Waals surface area contributed by atoms with Gasteiger partial charge in [-0.05, 0) is 38.5 Å². The van der Waals surface area contributed by atoms with Crippen molar-refractivity contribution in [2.75, 3.05) is 13.2 Å². The number of esters is 2. The van der Waals surface area contributed by atoms with Crippen LogP contribution in [0.15, 0.2) is 47.1 Å². The summed E-state index contributed by atoms with van der Waals surface area (Å²) in [6, 6.07) is 6.84. The van der Waals surface area contributed by atoms with E-state index in [2.05, 4.69) is 0 Å². The van der Waals surface area contributed by atoms with Crippen LogP contribution in [-0.2, 0) is 23.8 Å². The molecule has 134 valence electrons. The summed E-state index contributed by atoms with van der Waals surface area (Å²) >= 11 is 6.09. The lowest BCUT2D eigenvalue weighted by molar-refractivity contribution is -0.140. The van der Waals surface area contributed by atoms with Crippen molar-refractivity contribution < 1.29 is 23.8 Å². The molecule has 0 bridgehead atoms. The quantitative estimate of drug-likeness (QED) is 0.807. The summed E-state index contributed by atoms with van der Waals surface area (Å²) in [5, 5.41) is 0.464. The van der Waals surface area contributed by atoms with Gasteiger partial charge in [0, 0.05) is 5.02 Å². The number of ether oxygens (including phenoxy) is 3. The highest BCUT2D eigenvalue weighted by atomic mass is 35.5. The van der Waals surface area contributed by atoms with Crippen LogP contribution in [0.5, 0.6) is 0 Å². The lowest BCUT2D eigenvalue weighted by Crippen LogP contribution is -2.30. The summed E-state index contributed by atoms with van der Waals surface area (Å²) < 4.78 is 15.7. The van der Waals surface area contributed by atoms with E-state index >= 15 is 0 Å². The van der Waals surface area contributed by atoms with Crippen LogP contribution in [0.2, 0.25) is 5.02 Å². The Morgan fingerprint density at radius 2 is 1.76 bits per heavy atom. The first-order valence-corrected chi connectivity index (χ1v) is 8.26. The normalized spacial score (nSPS) is 17.2. The number of halogens is 1. The molecule has 7 heteroatoms. The van der Waals surface area contributed by atoms with Gasteiger partial charge in [-0.25, -0.2) is 9.59 Å². The van der Waals surface area contributed by atoms with E-state index in [9.17, 15) is 9.59 Å². The Morgan fingerprint density at radius 1 is 1.16 bits per heavy atom. The largest absolute Gasteiger partial charge is 0.463 e. The predicted octanol–water partition coefficient (Wildman–Crippen LogP) is 3.02. The average molecular weight is 366 g/mol. The molecule has 0 fully saturated rings. The molecule has 2 rings (SSSR count). The summed E-state index contributed by atoms with van der Waals surface area (Å²) in [5.74, 6) is -1.85. The van der Waals surface area contributed by atoms with Crippen molar-refractivity contribution in [3.05, 3.63) is 57.6 Å². The molecule has 6 nitrogen and oxygen atoms in total. The third-order valence-corrected chi connectivity index (χ3v) is 3.89. The van der Waals surface area contributed by atoms with Crippen molar-refractivity contribution in [2.24, 2.45) is 5.73 Å². The Labute approximate surface area is 151 Å². The fourth-order valence-electron chi connectivity index (χ4n) is 2.68. The molecule has 1 heterocycles. The van der Waals surface area contributed by atoms with Gasteiger partial charge in [0.15, 0.2) is 0 Å². The Balaban J connectivity index is 2.64. The lowest BCUT2D eigenvalue weighted by atomic mass is 9.82. The minimum atomic E-state index is -0.787. The molecule has 0 aliphatic carbocycles. The topological polar surface area (TPSA) is 87.9 Å². The highest BCUT2D eigenvalue weighted by Gasteiger charge is 2.40. The molecular weight excluding hydrogens is 346 g/mol. The van der Waals surface area contributed by atoms with E-state index in [1.54, 1.807) is 45.0 Å². The fourth-order valence-corrected chi connectivity index (χ4v) is 2.88. The molecule has 0 radical (unpaired) electrons. The van der Waals surface area contributed by atoms with Crippen molar-refractivity contribution in [1.29, 1.82) is 0 Å². The lowest BCUT2D eigenvalue weighted by Gasteiger charge is -2.28. The summed E-state index contributed by atoms with van der Waals surface area (Å²) in [4.78, 5) is 25.0. The van der Waals surface area contributed by atoms with E-state index in [1.807, 2.05) is 0 Å². The van der Waals surface area contributed by atoms with Crippen molar-refractivity contribution in [1.82, 2.24) is 0 Å². The molecule has 1 aromatic rings. The molecule has 1 aliphatic heterocycles. The molecule has 1 atom stereocenters. The number of benzene rings is 1. The van der Waals surface area contributed by atoms with Gasteiger partial charge in [0.1, 0.15) is 11.3 Å². The number of hydrogen-bond donors (Lipinski definition) is 1. The second-order valence-electron chi connectivity index (χ2n) is 5.28. The van der Waals surface area contributed by atoms with E-state index in [-0.39, 0.29) is 36.0 Å². The molecular formula is C18H20ClNO5. The first kappa shape index (κ1) is 18.9. The third kappa shape index (κ3) is 3.96. The van der Waals surface area contributed by atoms with Crippen LogP contribution in [0.1, 0.15) is 32.3 Å². The smallest absolute Gasteiger partial charge is 0.340 e. The first-order chi connectivity index (χ1) is 11.9. The van der Waals surface area contributed by atoms with Gasteiger partial charge in [-0.15, -0.1) is 0 Å². The maximum atomic E-state index is 12.5. The highest BCUT2D eigenvalue weighted by Crippen LogP contribution is 2.40. The van der Waals surface area contributed by atoms with Crippen LogP contribution >= 0.6 is 11.6 Å². The second kappa shape index (κ2) is 8.07. The number of hydrogen-bond acceptors (Lipinski definition) is 6. The van der Waals surface area contributed by atoms with E-state index in [0.29, 0.717) is 10.6 Å². The molecule has 1 aromatic carbocycles. The fraction of sp³-hybridized carbons (Fsp3) is 0.333. The molecule has 25 heavy (non-hydrogen) atoms. The van der Waals surface area contributed by atoms with Gasteiger partial charge in [0.2, 0.25) is 5.88 Å². The van der Waals surface area contributed by atoms with E-state index < -0.39 is 17.9 Å². The number of carbonyl (C=O) groups excluding carboxylic acids is 2. The van der Waals surface area contributed by atoms with Gasteiger partial charge in [0.05, 0.1) is 24.7 Å². The Kier molecular flexibility index (Phi) is 6.09.